The van der Waals surface area contributed by atoms with Crippen molar-refractivity contribution < 1.29 is 13.5 Å². The highest BCUT2D eigenvalue weighted by Crippen LogP contribution is 2.26. The van der Waals surface area contributed by atoms with Gasteiger partial charge in [-0.3, -0.25) is 0 Å². The number of aryl methyl sites for hydroxylation is 1. The van der Waals surface area contributed by atoms with E-state index in [0.29, 0.717) is 12.5 Å². The van der Waals surface area contributed by atoms with Crippen molar-refractivity contribution in [2.45, 2.75) is 26.3 Å². The summed E-state index contributed by atoms with van der Waals surface area (Å²) in [5, 5.41) is 3.43. The molecule has 4 heteroatoms. The van der Waals surface area contributed by atoms with Crippen LogP contribution < -0.4 is 5.32 Å². The van der Waals surface area contributed by atoms with Crippen molar-refractivity contribution in [2.24, 2.45) is 5.92 Å². The van der Waals surface area contributed by atoms with E-state index >= 15 is 0 Å². The number of benzene rings is 1. The lowest BCUT2D eigenvalue weighted by atomic mass is 10.0. The summed E-state index contributed by atoms with van der Waals surface area (Å²) in [4.78, 5) is 0. The van der Waals surface area contributed by atoms with Gasteiger partial charge in [0.25, 0.3) is 0 Å². The lowest BCUT2D eigenvalue weighted by Crippen LogP contribution is -2.28. The van der Waals surface area contributed by atoms with E-state index in [1.54, 1.807) is 6.07 Å². The van der Waals surface area contributed by atoms with E-state index in [-0.39, 0.29) is 5.82 Å². The molecule has 22 heavy (non-hydrogen) atoms. The highest BCUT2D eigenvalue weighted by Gasteiger charge is 2.14. The van der Waals surface area contributed by atoms with E-state index in [1.807, 2.05) is 19.1 Å². The zero-order chi connectivity index (χ0) is 15.4. The molecular weight excluding hydrogens is 281 g/mol. The van der Waals surface area contributed by atoms with Gasteiger partial charge in [-0.15, -0.1) is 0 Å². The van der Waals surface area contributed by atoms with Crippen LogP contribution in [-0.4, -0.2) is 19.8 Å². The van der Waals surface area contributed by atoms with E-state index < -0.39 is 0 Å². The van der Waals surface area contributed by atoms with Gasteiger partial charge in [-0.25, -0.2) is 4.39 Å². The van der Waals surface area contributed by atoms with Crippen LogP contribution in [0, 0.1) is 18.7 Å². The first-order valence-corrected chi connectivity index (χ1v) is 7.86. The first kappa shape index (κ1) is 15.3. The Balaban J connectivity index is 1.56. The normalized spacial score (nSPS) is 18.5. The van der Waals surface area contributed by atoms with Crippen LogP contribution in [0.3, 0.4) is 0 Å². The van der Waals surface area contributed by atoms with Crippen molar-refractivity contribution in [3.63, 3.8) is 0 Å². The Kier molecular flexibility index (Phi) is 4.90. The largest absolute Gasteiger partial charge is 0.460 e. The molecule has 1 aliphatic rings. The van der Waals surface area contributed by atoms with Crippen LogP contribution >= 0.6 is 0 Å². The maximum atomic E-state index is 13.2. The third-order valence-electron chi connectivity index (χ3n) is 4.10. The van der Waals surface area contributed by atoms with Crippen molar-refractivity contribution in [2.75, 3.05) is 19.8 Å². The van der Waals surface area contributed by atoms with E-state index in [0.717, 1.165) is 48.8 Å². The standard InChI is InChI=1S/C18H22FNO2/c1-13-9-15(19)4-6-17(13)18-7-5-16(22-18)11-20-10-14-3-2-8-21-12-14/h4-7,9,14,20H,2-3,8,10-12H2,1H3. The van der Waals surface area contributed by atoms with Gasteiger partial charge in [0.1, 0.15) is 17.3 Å². The Morgan fingerprint density at radius 2 is 2.18 bits per heavy atom. The Hall–Kier alpha value is -1.65. The molecule has 1 saturated heterocycles. The Morgan fingerprint density at radius 3 is 2.95 bits per heavy atom. The highest BCUT2D eigenvalue weighted by molar-refractivity contribution is 5.62. The highest BCUT2D eigenvalue weighted by atomic mass is 19.1. The molecule has 0 amide bonds. The maximum absolute atomic E-state index is 13.2. The van der Waals surface area contributed by atoms with Crippen molar-refractivity contribution in [3.8, 4) is 11.3 Å². The minimum absolute atomic E-state index is 0.218. The van der Waals surface area contributed by atoms with Gasteiger partial charge >= 0.3 is 0 Å². The van der Waals surface area contributed by atoms with Gasteiger partial charge in [-0.05, 0) is 61.6 Å². The summed E-state index contributed by atoms with van der Waals surface area (Å²) in [6, 6.07) is 8.67. The number of hydrogen-bond donors (Lipinski definition) is 1. The third kappa shape index (κ3) is 3.76. The third-order valence-corrected chi connectivity index (χ3v) is 4.10. The van der Waals surface area contributed by atoms with Crippen LogP contribution in [0.4, 0.5) is 4.39 Å². The number of ether oxygens (including phenoxy) is 1. The van der Waals surface area contributed by atoms with Crippen LogP contribution in [0.2, 0.25) is 0 Å². The molecule has 0 radical (unpaired) electrons. The summed E-state index contributed by atoms with van der Waals surface area (Å²) < 4.78 is 24.5. The lowest BCUT2D eigenvalue weighted by molar-refractivity contribution is 0.0546. The summed E-state index contributed by atoms with van der Waals surface area (Å²) in [5.41, 5.74) is 1.82. The quantitative estimate of drug-likeness (QED) is 0.909. The van der Waals surface area contributed by atoms with Crippen molar-refractivity contribution in [1.82, 2.24) is 5.32 Å². The molecule has 1 aliphatic heterocycles. The molecule has 1 N–H and O–H groups in total. The van der Waals surface area contributed by atoms with E-state index in [4.69, 9.17) is 9.15 Å². The molecule has 3 nitrogen and oxygen atoms in total. The van der Waals surface area contributed by atoms with Gasteiger partial charge < -0.3 is 14.5 Å². The SMILES string of the molecule is Cc1cc(F)ccc1-c1ccc(CNCC2CCCOC2)o1. The fourth-order valence-corrected chi connectivity index (χ4v) is 2.89. The van der Waals surface area contributed by atoms with E-state index in [9.17, 15) is 4.39 Å². The van der Waals surface area contributed by atoms with Crippen LogP contribution in [0.1, 0.15) is 24.2 Å². The molecule has 1 aromatic heterocycles. The lowest BCUT2D eigenvalue weighted by Gasteiger charge is -2.21. The van der Waals surface area contributed by atoms with Gasteiger partial charge in [0.15, 0.2) is 0 Å². The number of halogens is 1. The first-order chi connectivity index (χ1) is 10.7. The number of furan rings is 1. The van der Waals surface area contributed by atoms with Gasteiger partial charge in [-0.1, -0.05) is 0 Å². The molecule has 0 bridgehead atoms. The monoisotopic (exact) mass is 303 g/mol. The predicted octanol–water partition coefficient (Wildman–Crippen LogP) is 3.91. The molecule has 1 atom stereocenters. The van der Waals surface area contributed by atoms with Crippen LogP contribution in [0.15, 0.2) is 34.7 Å². The van der Waals surface area contributed by atoms with Gasteiger partial charge in [0.2, 0.25) is 0 Å². The van der Waals surface area contributed by atoms with E-state index in [2.05, 4.69) is 5.32 Å². The smallest absolute Gasteiger partial charge is 0.134 e. The molecule has 0 spiro atoms. The van der Waals surface area contributed by atoms with E-state index in [1.165, 1.54) is 18.6 Å². The van der Waals surface area contributed by atoms with Gasteiger partial charge in [0.05, 0.1) is 13.2 Å². The average molecular weight is 303 g/mol. The molecule has 2 aromatic rings. The second-order valence-corrected chi connectivity index (χ2v) is 5.94. The molecule has 1 aromatic carbocycles. The van der Waals surface area contributed by atoms with Crippen LogP contribution in [-0.2, 0) is 11.3 Å². The Labute approximate surface area is 130 Å². The summed E-state index contributed by atoms with van der Waals surface area (Å²) >= 11 is 0. The minimum Gasteiger partial charge on any atom is -0.460 e. The van der Waals surface area contributed by atoms with Gasteiger partial charge in [0, 0.05) is 18.7 Å². The zero-order valence-corrected chi connectivity index (χ0v) is 12.9. The molecular formula is C18H22FNO2. The number of nitrogens with one attached hydrogen (secondary N) is 1. The molecule has 2 heterocycles. The van der Waals surface area contributed by atoms with Crippen molar-refractivity contribution >= 4 is 0 Å². The second-order valence-electron chi connectivity index (χ2n) is 5.94. The van der Waals surface area contributed by atoms with Crippen LogP contribution in [0.25, 0.3) is 11.3 Å². The molecule has 118 valence electrons. The van der Waals surface area contributed by atoms with Crippen molar-refractivity contribution in [1.29, 1.82) is 0 Å². The number of hydrogen-bond acceptors (Lipinski definition) is 3. The predicted molar refractivity (Wildman–Crippen MR) is 84.1 cm³/mol. The van der Waals surface area contributed by atoms with Gasteiger partial charge in [-0.2, -0.15) is 0 Å². The maximum Gasteiger partial charge on any atom is 0.134 e. The molecule has 0 saturated carbocycles. The molecule has 0 aliphatic carbocycles. The summed E-state index contributed by atoms with van der Waals surface area (Å²) in [6.07, 6.45) is 2.38. The Bertz CT molecular complexity index is 617. The fraction of sp³-hybridized carbons (Fsp3) is 0.444. The summed E-state index contributed by atoms with van der Waals surface area (Å²) in [5.74, 6) is 2.07. The fourth-order valence-electron chi connectivity index (χ4n) is 2.89. The van der Waals surface area contributed by atoms with Crippen LogP contribution in [0.5, 0.6) is 0 Å². The average Bonchev–Trinajstić information content (AvgIpc) is 2.97. The minimum atomic E-state index is -0.218. The second kappa shape index (κ2) is 7.07. The molecule has 3 rings (SSSR count). The first-order valence-electron chi connectivity index (χ1n) is 7.86. The summed E-state index contributed by atoms with van der Waals surface area (Å²) in [6.45, 7) is 5.30. The topological polar surface area (TPSA) is 34.4 Å². The van der Waals surface area contributed by atoms with Crippen molar-refractivity contribution in [3.05, 3.63) is 47.5 Å². The number of rotatable bonds is 5. The molecule has 1 unspecified atom stereocenters. The zero-order valence-electron chi connectivity index (χ0n) is 12.9. The summed E-state index contributed by atoms with van der Waals surface area (Å²) in [7, 11) is 0. The Morgan fingerprint density at radius 1 is 1.27 bits per heavy atom. The molecule has 1 fully saturated rings.